The second-order valence-electron chi connectivity index (χ2n) is 11.2. The molecule has 0 bridgehead atoms. The maximum Gasteiger partial charge on any atom is 0.254 e. The van der Waals surface area contributed by atoms with E-state index < -0.39 is 10.0 Å². The van der Waals surface area contributed by atoms with Gasteiger partial charge in [0.05, 0.1) is 11.3 Å². The molecule has 42 heavy (non-hydrogen) atoms. The summed E-state index contributed by atoms with van der Waals surface area (Å²) in [5, 5.41) is 18.6. The number of benzene rings is 2. The maximum absolute atomic E-state index is 13.8. The number of carbonyl (C=O) groups excluding carboxylic acids is 1. The average molecular weight is 588 g/mol. The first kappa shape index (κ1) is 29.4. The minimum absolute atomic E-state index is 0.0122. The number of para-hydroxylation sites is 1. The number of primary sulfonamides is 1. The number of piperidine rings is 1. The topological polar surface area (TPSA) is 136 Å². The van der Waals surface area contributed by atoms with Crippen molar-refractivity contribution in [3.8, 4) is 6.07 Å². The van der Waals surface area contributed by atoms with Gasteiger partial charge in [-0.2, -0.15) is 5.26 Å². The number of hydrogen-bond acceptors (Lipinski definition) is 8. The van der Waals surface area contributed by atoms with E-state index in [9.17, 15) is 18.5 Å². The fourth-order valence-electron chi connectivity index (χ4n) is 6.01. The van der Waals surface area contributed by atoms with Gasteiger partial charge >= 0.3 is 0 Å². The molecule has 0 unspecified atom stereocenters. The third-order valence-electron chi connectivity index (χ3n) is 8.27. The molecule has 3 aromatic rings. The van der Waals surface area contributed by atoms with E-state index in [1.807, 2.05) is 54.0 Å². The summed E-state index contributed by atoms with van der Waals surface area (Å²) in [4.78, 5) is 24.1. The summed E-state index contributed by atoms with van der Waals surface area (Å²) in [7, 11) is -3.93. The van der Waals surface area contributed by atoms with E-state index in [1.165, 1.54) is 6.07 Å². The van der Waals surface area contributed by atoms with Gasteiger partial charge in [-0.25, -0.2) is 18.5 Å². The number of pyridine rings is 1. The van der Waals surface area contributed by atoms with Crippen LogP contribution < -0.4 is 20.3 Å². The van der Waals surface area contributed by atoms with Crippen LogP contribution in [-0.4, -0.2) is 69.0 Å². The third-order valence-corrected chi connectivity index (χ3v) is 9.20. The van der Waals surface area contributed by atoms with Crippen LogP contribution in [0.4, 0.5) is 17.2 Å². The van der Waals surface area contributed by atoms with Gasteiger partial charge in [0.2, 0.25) is 10.0 Å². The zero-order valence-electron chi connectivity index (χ0n) is 24.2. The normalized spacial score (nSPS) is 18.1. The molecule has 2 aliphatic heterocycles. The van der Waals surface area contributed by atoms with Crippen molar-refractivity contribution in [1.82, 2.24) is 9.88 Å². The van der Waals surface area contributed by atoms with Gasteiger partial charge in [-0.15, -0.1) is 0 Å². The summed E-state index contributed by atoms with van der Waals surface area (Å²) in [6, 6.07) is 17.2. The van der Waals surface area contributed by atoms with Gasteiger partial charge in [-0.05, 0) is 75.1 Å². The number of anilines is 3. The molecule has 5 rings (SSSR count). The highest BCUT2D eigenvalue weighted by atomic mass is 32.2. The Hall–Kier alpha value is -4.14. The molecule has 1 atom stereocenters. The Bertz CT molecular complexity index is 1630. The number of rotatable bonds is 6. The number of nitriles is 1. The monoisotopic (exact) mass is 587 g/mol. The molecule has 2 saturated heterocycles. The average Bonchev–Trinajstić information content (AvgIpc) is 2.98. The number of nitrogens with one attached hydrogen (secondary N) is 1. The number of nitrogens with zero attached hydrogens (tertiary/aromatic N) is 5. The summed E-state index contributed by atoms with van der Waals surface area (Å²) in [5.41, 5.74) is 5.30. The number of piperazine rings is 1. The van der Waals surface area contributed by atoms with Crippen molar-refractivity contribution >= 4 is 33.1 Å². The smallest absolute Gasteiger partial charge is 0.254 e. The van der Waals surface area contributed by atoms with Crippen molar-refractivity contribution in [2.45, 2.75) is 50.6 Å². The second kappa shape index (κ2) is 12.0. The fraction of sp³-hybridized carbons (Fsp3) is 0.387. The van der Waals surface area contributed by atoms with E-state index in [2.05, 4.69) is 34.3 Å². The molecule has 2 aromatic carbocycles. The zero-order chi connectivity index (χ0) is 30.0. The van der Waals surface area contributed by atoms with Crippen LogP contribution in [0.1, 0.15) is 46.8 Å². The van der Waals surface area contributed by atoms with Gasteiger partial charge in [-0.1, -0.05) is 18.2 Å². The summed E-state index contributed by atoms with van der Waals surface area (Å²) in [5.74, 6) is 0.275. The van der Waals surface area contributed by atoms with Gasteiger partial charge in [-0.3, -0.25) is 4.79 Å². The molecule has 10 nitrogen and oxygen atoms in total. The Kier molecular flexibility index (Phi) is 8.38. The molecule has 220 valence electrons. The molecule has 3 heterocycles. The van der Waals surface area contributed by atoms with E-state index in [0.717, 1.165) is 48.4 Å². The number of amides is 1. The first-order chi connectivity index (χ1) is 20.1. The van der Waals surface area contributed by atoms with Gasteiger partial charge in [0.25, 0.3) is 5.91 Å². The van der Waals surface area contributed by atoms with Crippen molar-refractivity contribution in [2.75, 3.05) is 47.8 Å². The molecule has 2 aliphatic rings. The minimum Gasteiger partial charge on any atom is -0.382 e. The Labute approximate surface area is 247 Å². The number of aromatic nitrogens is 1. The highest BCUT2D eigenvalue weighted by molar-refractivity contribution is 7.89. The highest BCUT2D eigenvalue weighted by Crippen LogP contribution is 2.29. The maximum atomic E-state index is 13.8. The lowest BCUT2D eigenvalue weighted by Crippen LogP contribution is -2.54. The van der Waals surface area contributed by atoms with Crippen molar-refractivity contribution in [1.29, 1.82) is 5.26 Å². The van der Waals surface area contributed by atoms with Crippen LogP contribution in [-0.2, 0) is 10.0 Å². The zero-order valence-corrected chi connectivity index (χ0v) is 25.1. The van der Waals surface area contributed by atoms with E-state index >= 15 is 0 Å². The van der Waals surface area contributed by atoms with Crippen molar-refractivity contribution in [2.24, 2.45) is 5.14 Å². The van der Waals surface area contributed by atoms with Crippen LogP contribution in [0.15, 0.2) is 59.6 Å². The van der Waals surface area contributed by atoms with Crippen LogP contribution in [0, 0.1) is 25.2 Å². The van der Waals surface area contributed by atoms with E-state index in [4.69, 9.17) is 5.14 Å². The minimum atomic E-state index is -3.93. The Balaban J connectivity index is 1.26. The van der Waals surface area contributed by atoms with Gasteiger partial charge in [0.15, 0.2) is 0 Å². The van der Waals surface area contributed by atoms with Crippen LogP contribution in [0.25, 0.3) is 0 Å². The summed E-state index contributed by atoms with van der Waals surface area (Å²) in [6.45, 7) is 8.96. The number of nitrogens with two attached hydrogens (primary N) is 1. The predicted molar refractivity (Wildman–Crippen MR) is 164 cm³/mol. The second-order valence-corrected chi connectivity index (χ2v) is 12.7. The van der Waals surface area contributed by atoms with E-state index in [0.29, 0.717) is 36.6 Å². The lowest BCUT2D eigenvalue weighted by atomic mass is 9.99. The van der Waals surface area contributed by atoms with Crippen LogP contribution >= 0.6 is 0 Å². The van der Waals surface area contributed by atoms with Crippen molar-refractivity contribution in [3.05, 3.63) is 77.0 Å². The largest absolute Gasteiger partial charge is 0.382 e. The highest BCUT2D eigenvalue weighted by Gasteiger charge is 2.32. The standard InChI is InChI=1S/C31H37N7O3S/c1-21-17-22(2)27(35-25-10-13-36(14-11-25)28-8-5-4-7-24(28)19-32)18-26(21)31(39)37-15-16-38(23(3)20-37)30-29(42(33,40)41)9-6-12-34-30/h4-9,12,17-18,23,25,35H,10-11,13-16,20H2,1-3H3,(H2,33,40,41)/t23-/m1/s1. The molecule has 1 amide bonds. The lowest BCUT2D eigenvalue weighted by molar-refractivity contribution is 0.0725. The number of sulfonamides is 1. The van der Waals surface area contributed by atoms with Gasteiger partial charge in [0.1, 0.15) is 16.8 Å². The summed E-state index contributed by atoms with van der Waals surface area (Å²) in [6.07, 6.45) is 3.39. The van der Waals surface area contributed by atoms with E-state index in [-0.39, 0.29) is 22.9 Å². The molecular weight excluding hydrogens is 550 g/mol. The van der Waals surface area contributed by atoms with Crippen molar-refractivity contribution < 1.29 is 13.2 Å². The van der Waals surface area contributed by atoms with Crippen molar-refractivity contribution in [3.63, 3.8) is 0 Å². The molecule has 2 fully saturated rings. The molecule has 3 N–H and O–H groups in total. The summed E-state index contributed by atoms with van der Waals surface area (Å²) >= 11 is 0. The SMILES string of the molecule is Cc1cc(C)c(C(=O)N2CCN(c3ncccc3S(N)(=O)=O)[C@H](C)C2)cc1NC1CCN(c2ccccc2C#N)CC1. The Morgan fingerprint density at radius 3 is 2.48 bits per heavy atom. The molecule has 0 radical (unpaired) electrons. The molecule has 0 aliphatic carbocycles. The quantitative estimate of drug-likeness (QED) is 0.446. The molecule has 0 spiro atoms. The third kappa shape index (κ3) is 6.05. The molecular formula is C31H37N7O3S. The lowest BCUT2D eigenvalue weighted by Gasteiger charge is -2.41. The van der Waals surface area contributed by atoms with Crippen LogP contribution in [0.2, 0.25) is 0 Å². The summed E-state index contributed by atoms with van der Waals surface area (Å²) < 4.78 is 24.3. The van der Waals surface area contributed by atoms with Gasteiger partial charge < -0.3 is 20.0 Å². The number of hydrogen-bond donors (Lipinski definition) is 2. The first-order valence-corrected chi connectivity index (χ1v) is 15.8. The predicted octanol–water partition coefficient (Wildman–Crippen LogP) is 3.65. The molecule has 0 saturated carbocycles. The molecule has 1 aromatic heterocycles. The number of carbonyl (C=O) groups is 1. The fourth-order valence-corrected chi connectivity index (χ4v) is 6.71. The van der Waals surface area contributed by atoms with Crippen LogP contribution in [0.5, 0.6) is 0 Å². The van der Waals surface area contributed by atoms with E-state index in [1.54, 1.807) is 12.3 Å². The Morgan fingerprint density at radius 1 is 1.05 bits per heavy atom. The number of aryl methyl sites for hydroxylation is 2. The van der Waals surface area contributed by atoms with Gasteiger partial charge in [0, 0.05) is 62.3 Å². The van der Waals surface area contributed by atoms with Crippen LogP contribution in [0.3, 0.4) is 0 Å². The molecule has 11 heteroatoms. The Morgan fingerprint density at radius 2 is 1.79 bits per heavy atom. The first-order valence-electron chi connectivity index (χ1n) is 14.2.